The third kappa shape index (κ3) is 60.6. The van der Waals surface area contributed by atoms with Gasteiger partial charge in [-0.3, -0.25) is 38.4 Å². The highest BCUT2D eigenvalue weighted by Crippen LogP contribution is 2.09. The lowest BCUT2D eigenvalue weighted by Crippen LogP contribution is -2.08. The van der Waals surface area contributed by atoms with E-state index in [1.807, 2.05) is 0 Å². The Kier molecular flexibility index (Phi) is 51.4. The van der Waals surface area contributed by atoms with Crippen LogP contribution in [0, 0.1) is 0 Å². The van der Waals surface area contributed by atoms with Crippen LogP contribution in [-0.4, -0.2) is 173 Å². The molecule has 0 aliphatic carbocycles. The molecule has 0 saturated heterocycles. The SMILES string of the molecule is C/C(=C\C(=O)O)C(=O)O.CC(=O)/C=C(/C)C(=O)O.CC(=O)/C=C(/CC(=O)O)C(=O)O.CC(=O)/C=C/C=C/C(=O)O.CC(=O)/C=C\C(=O)O.CC(=O)C/C=C/C(=O)O.CC(=O)c1ccc(C(=O)O)cc1.CC(=O)c1ccccc1C(=O)O.O=C(O)c1cccc(C(=O)O)c1. The van der Waals surface area contributed by atoms with E-state index in [4.69, 9.17) is 61.3 Å². The Morgan fingerprint density at radius 3 is 1.00 bits per heavy atom. The molecule has 3 rings (SSSR count). The van der Waals surface area contributed by atoms with E-state index in [2.05, 4.69) is 0 Å². The van der Waals surface area contributed by atoms with Crippen LogP contribution in [0.2, 0.25) is 0 Å². The minimum absolute atomic E-state index is 0.0186. The maximum absolute atomic E-state index is 10.9. The summed E-state index contributed by atoms with van der Waals surface area (Å²) in [6, 6.07) is 17.2. The number of carboxylic acids is 12. The highest BCUT2D eigenvalue weighted by atomic mass is 16.4. The van der Waals surface area contributed by atoms with E-state index in [1.54, 1.807) is 12.1 Å². The number of carbonyl (C=O) groups excluding carboxylic acids is 7. The first-order valence-corrected chi connectivity index (χ1v) is 25.1. The monoisotopic (exact) mass is 1310 g/mol. The highest BCUT2D eigenvalue weighted by Gasteiger charge is 2.13. The summed E-state index contributed by atoms with van der Waals surface area (Å²) in [5.74, 6) is -15.0. The van der Waals surface area contributed by atoms with Crippen molar-refractivity contribution < 1.29 is 152 Å². The second-order valence-electron chi connectivity index (χ2n) is 17.0. The molecule has 93 heavy (non-hydrogen) atoms. The minimum atomic E-state index is -1.38. The van der Waals surface area contributed by atoms with Gasteiger partial charge in [-0.15, -0.1) is 0 Å². The average molecular weight is 1310 g/mol. The van der Waals surface area contributed by atoms with Crippen molar-refractivity contribution in [2.24, 2.45) is 0 Å². The molecular weight excluding hydrogens is 1240 g/mol. The van der Waals surface area contributed by atoms with Crippen molar-refractivity contribution in [1.82, 2.24) is 0 Å². The number of allylic oxidation sites excluding steroid dienone is 7. The molecule has 0 spiro atoms. The van der Waals surface area contributed by atoms with Gasteiger partial charge in [-0.1, -0.05) is 54.6 Å². The van der Waals surface area contributed by atoms with Gasteiger partial charge in [-0.05, 0) is 123 Å². The molecule has 0 aliphatic rings. The molecule has 0 bridgehead atoms. The lowest BCUT2D eigenvalue weighted by molar-refractivity contribution is -0.139. The van der Waals surface area contributed by atoms with Crippen LogP contribution in [0.3, 0.4) is 0 Å². The number of aliphatic carboxylic acids is 8. The van der Waals surface area contributed by atoms with Crippen LogP contribution in [0.15, 0.2) is 156 Å². The number of aromatic carboxylic acids is 4. The smallest absolute Gasteiger partial charge is 0.336 e. The lowest BCUT2D eigenvalue weighted by Gasteiger charge is -1.99. The fraction of sp³-hybridized carbons (Fsp3) is 0.177. The molecule has 0 aliphatic heterocycles. The third-order valence-corrected chi connectivity index (χ3v) is 8.67. The summed E-state index contributed by atoms with van der Waals surface area (Å²) in [6.07, 6.45) is 11.1. The molecule has 31 heteroatoms. The minimum Gasteiger partial charge on any atom is -0.481 e. The number of benzene rings is 3. The summed E-state index contributed by atoms with van der Waals surface area (Å²) in [6.45, 7) is 12.0. The van der Waals surface area contributed by atoms with Gasteiger partial charge in [0.05, 0.1) is 34.2 Å². The number of carbonyl (C=O) groups is 19. The zero-order chi connectivity index (χ0) is 73.8. The second-order valence-corrected chi connectivity index (χ2v) is 17.0. The van der Waals surface area contributed by atoms with Crippen molar-refractivity contribution in [2.45, 2.75) is 75.2 Å². The standard InChI is InChI=1S/2C9H8O3.C8H6O4.C7H8O5.C7H8O3.2C6H8O3.C5H6O4.C5H6O3/c1-6(10)7-2-4-8(5-3-7)9(11)12;1-6(10)7-4-2-3-5-8(7)9(11)12;9-7(10)5-2-1-3-6(4-5)8(11)12;1-4(8)2-5(7(11)12)3-6(9)10;1-6(8)4-2-3-5-7(9)10;1-4(6(8)9)3-5(2)7;1-5(7)3-2-4-6(8)9;1-3(5(8)9)2-4(6)7;1-4(6)2-3-5(7)8/h2*2-5H,1H3,(H,11,12);1-4H,(H,9,10)(H,11,12);2H,3H2,1H3,(H,9,10)(H,11,12);2-5H,1H3,(H,9,10);3H,1-2H3,(H,8,9);2,4H,3H2,1H3,(H,8,9);2H,1H3,(H,6,7)(H,8,9);2-3H,1H3,(H,7,8)/b;;;5-2-;4-2+,5-3+;4-3-;4-2+;3-2+;3-2-. The van der Waals surface area contributed by atoms with Gasteiger partial charge >= 0.3 is 71.6 Å². The zero-order valence-electron chi connectivity index (χ0n) is 50.8. The van der Waals surface area contributed by atoms with E-state index in [0.717, 1.165) is 49.4 Å². The molecule has 0 saturated carbocycles. The molecule has 0 fully saturated rings. The van der Waals surface area contributed by atoms with Crippen molar-refractivity contribution in [3.05, 3.63) is 190 Å². The number of carboxylic acid groups (broad SMARTS) is 12. The predicted octanol–water partition coefficient (Wildman–Crippen LogP) is 6.62. The van der Waals surface area contributed by atoms with Crippen LogP contribution in [-0.2, 0) is 62.3 Å². The Morgan fingerprint density at radius 1 is 0.333 bits per heavy atom. The molecule has 31 nitrogen and oxygen atoms in total. The highest BCUT2D eigenvalue weighted by molar-refractivity contribution is 6.05. The fourth-order valence-electron chi connectivity index (χ4n) is 4.66. The van der Waals surface area contributed by atoms with E-state index < -0.39 is 89.4 Å². The Morgan fingerprint density at radius 2 is 0.731 bits per heavy atom. The van der Waals surface area contributed by atoms with Crippen molar-refractivity contribution in [1.29, 1.82) is 0 Å². The summed E-state index contributed by atoms with van der Waals surface area (Å²) < 4.78 is 0. The van der Waals surface area contributed by atoms with E-state index >= 15 is 0 Å². The topological polar surface area (TPSA) is 567 Å². The molecule has 3 aromatic carbocycles. The molecule has 0 radical (unpaired) electrons. The summed E-state index contributed by atoms with van der Waals surface area (Å²) in [5.41, 5.74) is 0.486. The van der Waals surface area contributed by atoms with E-state index in [1.165, 1.54) is 134 Å². The molecule has 0 aromatic heterocycles. The average Bonchev–Trinajstić information content (AvgIpc) is 1.24. The van der Waals surface area contributed by atoms with Gasteiger partial charge < -0.3 is 61.3 Å². The van der Waals surface area contributed by atoms with E-state index in [9.17, 15) is 91.1 Å². The summed E-state index contributed by atoms with van der Waals surface area (Å²) >= 11 is 0. The second kappa shape index (κ2) is 52.3. The van der Waals surface area contributed by atoms with Crippen molar-refractivity contribution in [3.8, 4) is 0 Å². The fourth-order valence-corrected chi connectivity index (χ4v) is 4.66. The Hall–Kier alpha value is -12.8. The third-order valence-electron chi connectivity index (χ3n) is 8.67. The molecule has 500 valence electrons. The first-order valence-electron chi connectivity index (χ1n) is 25.1. The molecule has 0 unspecified atom stereocenters. The van der Waals surface area contributed by atoms with Crippen LogP contribution in [0.1, 0.15) is 137 Å². The van der Waals surface area contributed by atoms with Crippen LogP contribution in [0.4, 0.5) is 0 Å². The molecule has 0 atom stereocenters. The van der Waals surface area contributed by atoms with Gasteiger partial charge in [0.1, 0.15) is 5.78 Å². The summed E-state index contributed by atoms with van der Waals surface area (Å²) in [4.78, 5) is 194. The number of rotatable bonds is 22. The van der Waals surface area contributed by atoms with E-state index in [0.29, 0.717) is 11.6 Å². The molecule has 0 amide bonds. The maximum atomic E-state index is 10.9. The summed E-state index contributed by atoms with van der Waals surface area (Å²) in [7, 11) is 0. The van der Waals surface area contributed by atoms with Gasteiger partial charge in [0.25, 0.3) is 0 Å². The molecule has 0 heterocycles. The maximum Gasteiger partial charge on any atom is 0.336 e. The predicted molar refractivity (Wildman–Crippen MR) is 323 cm³/mol. The van der Waals surface area contributed by atoms with Gasteiger partial charge in [0, 0.05) is 53.0 Å². The first-order chi connectivity index (χ1) is 42.7. The molecule has 12 N–H and O–H groups in total. The first kappa shape index (κ1) is 91.3. The summed E-state index contributed by atoms with van der Waals surface area (Å²) in [5, 5.41) is 99.1. The Balaban J connectivity index is -0.000000230. The lowest BCUT2D eigenvalue weighted by atomic mass is 10.1. The Labute approximate surface area is 527 Å². The number of Topliss-reactive ketones (excluding diaryl/α,β-unsaturated/α-hetero) is 3. The van der Waals surface area contributed by atoms with Crippen molar-refractivity contribution >= 4 is 112 Å². The quantitative estimate of drug-likeness (QED) is 0.0285. The van der Waals surface area contributed by atoms with Crippen molar-refractivity contribution in [2.75, 3.05) is 0 Å². The zero-order valence-corrected chi connectivity index (χ0v) is 50.8. The van der Waals surface area contributed by atoms with Crippen LogP contribution in [0.25, 0.3) is 0 Å². The van der Waals surface area contributed by atoms with Crippen LogP contribution >= 0.6 is 0 Å². The van der Waals surface area contributed by atoms with Gasteiger partial charge in [0.15, 0.2) is 34.7 Å². The van der Waals surface area contributed by atoms with Crippen LogP contribution in [0.5, 0.6) is 0 Å². The number of hydrogen-bond donors (Lipinski definition) is 12. The number of ketones is 7. The normalized spacial score (nSPS) is 10.1. The Bertz CT molecular complexity index is 3260. The van der Waals surface area contributed by atoms with Gasteiger partial charge in [-0.25, -0.2) is 52.7 Å². The largest absolute Gasteiger partial charge is 0.481 e. The van der Waals surface area contributed by atoms with E-state index in [-0.39, 0.29) is 80.1 Å². The molecular formula is C62H66O31. The van der Waals surface area contributed by atoms with Crippen LogP contribution < -0.4 is 0 Å². The molecule has 3 aromatic rings. The number of hydrogen-bond acceptors (Lipinski definition) is 19. The van der Waals surface area contributed by atoms with Gasteiger partial charge in [-0.2, -0.15) is 0 Å². The van der Waals surface area contributed by atoms with Gasteiger partial charge in [0.2, 0.25) is 0 Å². The van der Waals surface area contributed by atoms with Crippen molar-refractivity contribution in [3.63, 3.8) is 0 Å².